The lowest BCUT2D eigenvalue weighted by atomic mass is 10.1. The van der Waals surface area contributed by atoms with Crippen LogP contribution >= 0.6 is 0 Å². The molecule has 0 N–H and O–H groups in total. The van der Waals surface area contributed by atoms with Gasteiger partial charge in [0.05, 0.1) is 11.0 Å². The number of aryl methyl sites for hydroxylation is 2. The van der Waals surface area contributed by atoms with E-state index in [4.69, 9.17) is 4.74 Å². The zero-order valence-electron chi connectivity index (χ0n) is 18.7. The van der Waals surface area contributed by atoms with Crippen LogP contribution in [0.1, 0.15) is 29.8 Å². The molecular formula is C24H29N3O4S. The van der Waals surface area contributed by atoms with Crippen LogP contribution in [0.2, 0.25) is 0 Å². The molecule has 0 atom stereocenters. The van der Waals surface area contributed by atoms with Gasteiger partial charge in [0, 0.05) is 32.2 Å². The monoisotopic (exact) mass is 455 g/mol. The van der Waals surface area contributed by atoms with Crippen molar-refractivity contribution < 1.29 is 17.9 Å². The van der Waals surface area contributed by atoms with Crippen LogP contribution in [-0.2, 0) is 26.9 Å². The lowest BCUT2D eigenvalue weighted by Gasteiger charge is -2.32. The molecule has 3 aromatic rings. The van der Waals surface area contributed by atoms with Crippen LogP contribution in [0.3, 0.4) is 0 Å². The molecule has 4 rings (SSSR count). The molecule has 0 aliphatic carbocycles. The van der Waals surface area contributed by atoms with Gasteiger partial charge in [-0.15, -0.1) is 0 Å². The lowest BCUT2D eigenvalue weighted by molar-refractivity contribution is -0.133. The van der Waals surface area contributed by atoms with Crippen molar-refractivity contribution in [1.29, 1.82) is 0 Å². The highest BCUT2D eigenvalue weighted by atomic mass is 32.2. The predicted molar refractivity (Wildman–Crippen MR) is 124 cm³/mol. The average Bonchev–Trinajstić information content (AvgIpc) is 3.06. The third kappa shape index (κ3) is 5.12. The van der Waals surface area contributed by atoms with Gasteiger partial charge < -0.3 is 14.2 Å². The largest absolute Gasteiger partial charge is 0.490 e. The van der Waals surface area contributed by atoms with E-state index in [1.54, 1.807) is 4.57 Å². The third-order valence-corrected chi connectivity index (χ3v) is 6.78. The molecule has 0 unspecified atom stereocenters. The van der Waals surface area contributed by atoms with Gasteiger partial charge in [0.15, 0.2) is 9.84 Å². The molecule has 0 bridgehead atoms. The molecule has 2 heterocycles. The number of carbonyl (C=O) groups excluding carboxylic acids is 1. The molecule has 1 fully saturated rings. The molecule has 1 amide bonds. The van der Waals surface area contributed by atoms with Gasteiger partial charge in [-0.25, -0.2) is 13.4 Å². The van der Waals surface area contributed by atoms with Crippen LogP contribution in [-0.4, -0.2) is 54.2 Å². The Hall–Kier alpha value is -2.87. The number of amides is 1. The molecule has 1 aliphatic rings. The van der Waals surface area contributed by atoms with Gasteiger partial charge >= 0.3 is 0 Å². The summed E-state index contributed by atoms with van der Waals surface area (Å²) in [4.78, 5) is 19.4. The molecular weight excluding hydrogens is 426 g/mol. The van der Waals surface area contributed by atoms with Crippen molar-refractivity contribution in [2.45, 2.75) is 45.1 Å². The van der Waals surface area contributed by atoms with Gasteiger partial charge in [-0.3, -0.25) is 4.79 Å². The van der Waals surface area contributed by atoms with Crippen molar-refractivity contribution in [2.24, 2.45) is 0 Å². The summed E-state index contributed by atoms with van der Waals surface area (Å²) < 4.78 is 31.6. The molecule has 0 saturated carbocycles. The number of nitrogens with zero attached hydrogens (tertiary/aromatic N) is 3. The quantitative estimate of drug-likeness (QED) is 0.570. The second kappa shape index (κ2) is 8.94. The van der Waals surface area contributed by atoms with Crippen molar-refractivity contribution in [3.8, 4) is 5.75 Å². The van der Waals surface area contributed by atoms with E-state index >= 15 is 0 Å². The maximum atomic E-state index is 13.1. The van der Waals surface area contributed by atoms with Crippen LogP contribution in [0.4, 0.5) is 0 Å². The number of sulfone groups is 1. The first-order valence-corrected chi connectivity index (χ1v) is 12.9. The van der Waals surface area contributed by atoms with E-state index < -0.39 is 9.84 Å². The van der Waals surface area contributed by atoms with Crippen molar-refractivity contribution in [1.82, 2.24) is 14.5 Å². The predicted octanol–water partition coefficient (Wildman–Crippen LogP) is 3.27. The molecule has 2 aromatic carbocycles. The first-order chi connectivity index (χ1) is 15.2. The highest BCUT2D eigenvalue weighted by Gasteiger charge is 2.26. The van der Waals surface area contributed by atoms with Gasteiger partial charge in [0.25, 0.3) is 0 Å². The minimum Gasteiger partial charge on any atom is -0.490 e. The van der Waals surface area contributed by atoms with Crippen LogP contribution in [0.15, 0.2) is 42.5 Å². The van der Waals surface area contributed by atoms with Crippen molar-refractivity contribution in [3.05, 3.63) is 59.4 Å². The molecule has 1 aliphatic heterocycles. The number of para-hydroxylation sites is 2. The van der Waals surface area contributed by atoms with Gasteiger partial charge in [0.1, 0.15) is 30.0 Å². The van der Waals surface area contributed by atoms with E-state index in [1.165, 1.54) is 17.4 Å². The van der Waals surface area contributed by atoms with E-state index in [1.807, 2.05) is 35.2 Å². The fourth-order valence-corrected chi connectivity index (χ4v) is 4.77. The zero-order chi connectivity index (χ0) is 22.9. The number of rotatable bonds is 6. The van der Waals surface area contributed by atoms with Gasteiger partial charge in [-0.2, -0.15) is 0 Å². The molecule has 8 heteroatoms. The number of ether oxygens (including phenoxy) is 1. The summed E-state index contributed by atoms with van der Waals surface area (Å²) in [5.41, 5.74) is 3.90. The van der Waals surface area contributed by atoms with Crippen molar-refractivity contribution in [3.63, 3.8) is 0 Å². The van der Waals surface area contributed by atoms with Gasteiger partial charge in [-0.05, 0) is 49.2 Å². The Morgan fingerprint density at radius 1 is 1.09 bits per heavy atom. The molecule has 170 valence electrons. The minimum absolute atomic E-state index is 0.0347. The number of aromatic nitrogens is 2. The Balaban J connectivity index is 1.42. The Morgan fingerprint density at radius 2 is 1.81 bits per heavy atom. The summed E-state index contributed by atoms with van der Waals surface area (Å²) in [6.07, 6.45) is 2.79. The number of hydrogen-bond acceptors (Lipinski definition) is 5. The fraction of sp³-hybridized carbons (Fsp3) is 0.417. The van der Waals surface area contributed by atoms with Crippen molar-refractivity contribution >= 4 is 26.8 Å². The number of carbonyl (C=O) groups is 1. The molecule has 0 spiro atoms. The average molecular weight is 456 g/mol. The molecule has 1 aromatic heterocycles. The Kier molecular flexibility index (Phi) is 6.24. The summed E-state index contributed by atoms with van der Waals surface area (Å²) >= 11 is 0. The van der Waals surface area contributed by atoms with E-state index in [0.29, 0.717) is 24.4 Å². The van der Waals surface area contributed by atoms with E-state index in [0.717, 1.165) is 24.1 Å². The summed E-state index contributed by atoms with van der Waals surface area (Å²) in [5.74, 6) is 1.04. The van der Waals surface area contributed by atoms with E-state index in [9.17, 15) is 13.2 Å². The third-order valence-electron chi connectivity index (χ3n) is 5.99. The number of imidazole rings is 1. The summed E-state index contributed by atoms with van der Waals surface area (Å²) in [6, 6.07) is 13.5. The number of likely N-dealkylation sites (tertiary alicyclic amines) is 1. The van der Waals surface area contributed by atoms with Crippen LogP contribution in [0, 0.1) is 13.8 Å². The van der Waals surface area contributed by atoms with E-state index in [-0.39, 0.29) is 24.3 Å². The SMILES string of the molecule is Cc1ccc(OC2CCN(C(=O)Cn3c(CS(C)(=O)=O)nc4ccccc43)CC2)cc1C. The second-order valence-corrected chi connectivity index (χ2v) is 10.8. The highest BCUT2D eigenvalue weighted by Crippen LogP contribution is 2.23. The van der Waals surface area contributed by atoms with Gasteiger partial charge in [0.2, 0.25) is 5.91 Å². The molecule has 1 saturated heterocycles. The van der Waals surface area contributed by atoms with E-state index in [2.05, 4.69) is 31.0 Å². The molecule has 32 heavy (non-hydrogen) atoms. The molecule has 0 radical (unpaired) electrons. The number of hydrogen-bond donors (Lipinski definition) is 0. The molecule has 7 nitrogen and oxygen atoms in total. The fourth-order valence-electron chi connectivity index (χ4n) is 4.08. The minimum atomic E-state index is -3.28. The maximum Gasteiger partial charge on any atom is 0.242 e. The number of piperidine rings is 1. The first-order valence-electron chi connectivity index (χ1n) is 10.8. The Morgan fingerprint density at radius 3 is 2.50 bits per heavy atom. The highest BCUT2D eigenvalue weighted by molar-refractivity contribution is 7.89. The summed E-state index contributed by atoms with van der Waals surface area (Å²) in [5, 5.41) is 0. The van der Waals surface area contributed by atoms with Crippen LogP contribution in [0.5, 0.6) is 5.75 Å². The van der Waals surface area contributed by atoms with Crippen LogP contribution in [0.25, 0.3) is 11.0 Å². The standard InChI is InChI=1S/C24H29N3O4S/c1-17-8-9-20(14-18(17)2)31-19-10-12-26(13-11-19)24(28)15-27-22-7-5-4-6-21(22)25-23(27)16-32(3,29)30/h4-9,14,19H,10-13,15-16H2,1-3H3. The Bertz CT molecular complexity index is 1240. The second-order valence-electron chi connectivity index (χ2n) is 8.62. The smallest absolute Gasteiger partial charge is 0.242 e. The zero-order valence-corrected chi connectivity index (χ0v) is 19.6. The number of benzene rings is 2. The normalized spacial score (nSPS) is 15.3. The first kappa shape index (κ1) is 22.3. The number of fused-ring (bicyclic) bond motifs is 1. The van der Waals surface area contributed by atoms with Crippen molar-refractivity contribution in [2.75, 3.05) is 19.3 Å². The lowest BCUT2D eigenvalue weighted by Crippen LogP contribution is -2.43. The summed E-state index contributed by atoms with van der Waals surface area (Å²) in [6.45, 7) is 5.45. The topological polar surface area (TPSA) is 81.5 Å². The van der Waals surface area contributed by atoms with Crippen LogP contribution < -0.4 is 4.74 Å². The maximum absolute atomic E-state index is 13.1. The summed E-state index contributed by atoms with van der Waals surface area (Å²) in [7, 11) is -3.28. The van der Waals surface area contributed by atoms with Gasteiger partial charge in [-0.1, -0.05) is 18.2 Å². The Labute approximate surface area is 188 Å².